The zero-order chi connectivity index (χ0) is 20.8. The largest absolute Gasteiger partial charge is 0.347 e. The van der Waals surface area contributed by atoms with E-state index in [1.807, 2.05) is 6.07 Å². The maximum absolute atomic E-state index is 12.4. The molecule has 0 bridgehead atoms. The van der Waals surface area contributed by atoms with Crippen molar-refractivity contribution in [1.29, 1.82) is 5.26 Å². The van der Waals surface area contributed by atoms with E-state index in [-0.39, 0.29) is 18.2 Å². The summed E-state index contributed by atoms with van der Waals surface area (Å²) in [4.78, 5) is 32.9. The summed E-state index contributed by atoms with van der Waals surface area (Å²) in [5, 5.41) is 13.4. The van der Waals surface area contributed by atoms with Crippen LogP contribution in [0.15, 0.2) is 24.4 Å². The van der Waals surface area contributed by atoms with Gasteiger partial charge in [0.25, 0.3) is 5.91 Å². The zero-order valence-corrected chi connectivity index (χ0v) is 17.9. The monoisotopic (exact) mass is 451 g/mol. The van der Waals surface area contributed by atoms with Gasteiger partial charge in [0, 0.05) is 42.8 Å². The van der Waals surface area contributed by atoms with Gasteiger partial charge in [0.2, 0.25) is 5.91 Å². The van der Waals surface area contributed by atoms with Crippen LogP contribution >= 0.6 is 34.5 Å². The molecule has 2 amide bonds. The smallest absolute Gasteiger partial charge is 0.263 e. The molecule has 1 aromatic carbocycles. The Morgan fingerprint density at radius 2 is 2.00 bits per heavy atom. The van der Waals surface area contributed by atoms with Crippen LogP contribution in [0.3, 0.4) is 0 Å². The molecule has 1 aromatic heterocycles. The normalized spacial score (nSPS) is 14.4. The molecule has 1 saturated heterocycles. The first-order valence-corrected chi connectivity index (χ1v) is 10.6. The minimum absolute atomic E-state index is 0.0772. The highest BCUT2D eigenvalue weighted by atomic mass is 35.5. The number of halogens is 2. The highest BCUT2D eigenvalue weighted by Gasteiger charge is 2.22. The van der Waals surface area contributed by atoms with Crippen molar-refractivity contribution >= 4 is 46.4 Å². The lowest BCUT2D eigenvalue weighted by Gasteiger charge is -2.33. The third kappa shape index (κ3) is 5.90. The van der Waals surface area contributed by atoms with E-state index in [1.54, 1.807) is 29.3 Å². The number of nitrogens with one attached hydrogen (secondary N) is 1. The van der Waals surface area contributed by atoms with Crippen molar-refractivity contribution in [3.63, 3.8) is 0 Å². The first kappa shape index (κ1) is 21.5. The molecule has 3 rings (SSSR count). The van der Waals surface area contributed by atoms with E-state index in [4.69, 9.17) is 28.5 Å². The van der Waals surface area contributed by atoms with Gasteiger partial charge in [-0.05, 0) is 17.7 Å². The van der Waals surface area contributed by atoms with Crippen LogP contribution in [0.1, 0.15) is 26.7 Å². The van der Waals surface area contributed by atoms with Gasteiger partial charge in [-0.15, -0.1) is 11.3 Å². The summed E-state index contributed by atoms with van der Waals surface area (Å²) < 4.78 is 0. The average Bonchev–Trinajstić information content (AvgIpc) is 3.16. The Morgan fingerprint density at radius 1 is 1.24 bits per heavy atom. The van der Waals surface area contributed by atoms with Crippen molar-refractivity contribution in [2.24, 2.45) is 0 Å². The Labute approximate surface area is 182 Å². The molecule has 152 valence electrons. The molecule has 2 aromatic rings. The number of nitriles is 1. The topological polar surface area (TPSA) is 89.3 Å². The maximum Gasteiger partial charge on any atom is 0.263 e. The predicted molar refractivity (Wildman–Crippen MR) is 112 cm³/mol. The number of rotatable bonds is 6. The van der Waals surface area contributed by atoms with E-state index < -0.39 is 0 Å². The summed E-state index contributed by atoms with van der Waals surface area (Å²) in [5.41, 5.74) is 0.790. The van der Waals surface area contributed by atoms with Gasteiger partial charge in [0.15, 0.2) is 0 Å². The van der Waals surface area contributed by atoms with E-state index in [0.29, 0.717) is 54.2 Å². The van der Waals surface area contributed by atoms with Crippen LogP contribution in [0.4, 0.5) is 0 Å². The number of carbonyl (C=O) groups is 2. The highest BCUT2D eigenvalue weighted by Crippen LogP contribution is 2.21. The Bertz CT molecular complexity index is 935. The minimum Gasteiger partial charge on any atom is -0.347 e. The lowest BCUT2D eigenvalue weighted by molar-refractivity contribution is -0.131. The van der Waals surface area contributed by atoms with Crippen LogP contribution in [0.25, 0.3) is 0 Å². The molecule has 7 nitrogen and oxygen atoms in total. The molecule has 0 unspecified atom stereocenters. The fraction of sp³-hybridized carbons (Fsp3) is 0.368. The summed E-state index contributed by atoms with van der Waals surface area (Å²) >= 11 is 13.4. The van der Waals surface area contributed by atoms with Gasteiger partial charge in [-0.25, -0.2) is 4.98 Å². The van der Waals surface area contributed by atoms with Gasteiger partial charge >= 0.3 is 0 Å². The molecule has 1 aliphatic rings. The Hall–Kier alpha value is -2.18. The summed E-state index contributed by atoms with van der Waals surface area (Å²) in [5.74, 6) is -0.326. The van der Waals surface area contributed by atoms with Crippen LogP contribution in [-0.4, -0.2) is 52.8 Å². The number of piperazine rings is 1. The molecule has 29 heavy (non-hydrogen) atoms. The fourth-order valence-electron chi connectivity index (χ4n) is 2.94. The molecule has 1 fully saturated rings. The number of amides is 2. The van der Waals surface area contributed by atoms with E-state index in [0.717, 1.165) is 10.6 Å². The summed E-state index contributed by atoms with van der Waals surface area (Å²) in [6.07, 6.45) is 1.50. The Morgan fingerprint density at radius 3 is 2.69 bits per heavy atom. The van der Waals surface area contributed by atoms with Crippen molar-refractivity contribution in [2.45, 2.75) is 19.5 Å². The zero-order valence-electron chi connectivity index (χ0n) is 15.5. The van der Waals surface area contributed by atoms with E-state index >= 15 is 0 Å². The Kier molecular flexibility index (Phi) is 7.45. The van der Waals surface area contributed by atoms with Crippen LogP contribution in [0.5, 0.6) is 0 Å². The molecule has 0 spiro atoms. The summed E-state index contributed by atoms with van der Waals surface area (Å²) in [6, 6.07) is 7.04. The third-order valence-electron chi connectivity index (χ3n) is 4.55. The molecule has 0 saturated carbocycles. The lowest BCUT2D eigenvalue weighted by Crippen LogP contribution is -2.48. The average molecular weight is 452 g/mol. The molecule has 10 heteroatoms. The standard InChI is InChI=1S/C19H19Cl2N5O2S/c20-14-2-1-13(15(21)9-14)10-24-19(28)16-11-23-17(29-16)12-25-5-7-26(8-6-25)18(27)3-4-22/h1-2,9,11H,3,5-8,10,12H2,(H,24,28). The van der Waals surface area contributed by atoms with E-state index in [1.165, 1.54) is 11.3 Å². The third-order valence-corrected chi connectivity index (χ3v) is 6.11. The van der Waals surface area contributed by atoms with Crippen molar-refractivity contribution in [3.05, 3.63) is 49.9 Å². The van der Waals surface area contributed by atoms with Gasteiger partial charge in [0.05, 0.1) is 18.8 Å². The SMILES string of the molecule is N#CCC(=O)N1CCN(Cc2ncc(C(=O)NCc3ccc(Cl)cc3Cl)s2)CC1. The second-order valence-corrected chi connectivity index (χ2v) is 8.49. The maximum atomic E-state index is 12.4. The number of thiazole rings is 1. The number of hydrogen-bond donors (Lipinski definition) is 1. The van der Waals surface area contributed by atoms with Gasteiger partial charge in [-0.3, -0.25) is 14.5 Å². The minimum atomic E-state index is -0.202. The molecule has 1 N–H and O–H groups in total. The molecule has 0 aliphatic carbocycles. The first-order chi connectivity index (χ1) is 14.0. The fourth-order valence-corrected chi connectivity index (χ4v) is 4.29. The van der Waals surface area contributed by atoms with E-state index in [9.17, 15) is 9.59 Å². The van der Waals surface area contributed by atoms with Gasteiger partial charge < -0.3 is 10.2 Å². The molecule has 2 heterocycles. The summed E-state index contributed by atoms with van der Waals surface area (Å²) in [6.45, 7) is 3.56. The highest BCUT2D eigenvalue weighted by molar-refractivity contribution is 7.13. The van der Waals surface area contributed by atoms with Crippen molar-refractivity contribution in [1.82, 2.24) is 20.1 Å². The number of nitrogens with zero attached hydrogens (tertiary/aromatic N) is 4. The number of carbonyl (C=O) groups excluding carboxylic acids is 2. The molecular formula is C19H19Cl2N5O2S. The summed E-state index contributed by atoms with van der Waals surface area (Å²) in [7, 11) is 0. The Balaban J connectivity index is 1.48. The second kappa shape index (κ2) is 10.0. The van der Waals surface area contributed by atoms with Gasteiger partial charge in [-0.1, -0.05) is 29.3 Å². The lowest BCUT2D eigenvalue weighted by atomic mass is 10.2. The van der Waals surface area contributed by atoms with Crippen molar-refractivity contribution in [3.8, 4) is 6.07 Å². The van der Waals surface area contributed by atoms with Gasteiger partial charge in [0.1, 0.15) is 16.3 Å². The molecular weight excluding hydrogens is 433 g/mol. The number of aromatic nitrogens is 1. The van der Waals surface area contributed by atoms with Crippen LogP contribution in [-0.2, 0) is 17.9 Å². The van der Waals surface area contributed by atoms with Crippen LogP contribution in [0, 0.1) is 11.3 Å². The molecule has 0 atom stereocenters. The molecule has 0 radical (unpaired) electrons. The van der Waals surface area contributed by atoms with Crippen molar-refractivity contribution < 1.29 is 9.59 Å². The number of hydrogen-bond acceptors (Lipinski definition) is 6. The first-order valence-electron chi connectivity index (χ1n) is 9.00. The molecule has 1 aliphatic heterocycles. The van der Waals surface area contributed by atoms with Gasteiger partial charge in [-0.2, -0.15) is 5.26 Å². The predicted octanol–water partition coefficient (Wildman–Crippen LogP) is 2.94. The van der Waals surface area contributed by atoms with E-state index in [2.05, 4.69) is 15.2 Å². The van der Waals surface area contributed by atoms with Crippen LogP contribution in [0.2, 0.25) is 10.0 Å². The van der Waals surface area contributed by atoms with Crippen molar-refractivity contribution in [2.75, 3.05) is 26.2 Å². The quantitative estimate of drug-likeness (QED) is 0.728. The number of benzene rings is 1. The second-order valence-electron chi connectivity index (χ2n) is 6.53. The van der Waals surface area contributed by atoms with Crippen LogP contribution < -0.4 is 5.32 Å².